The van der Waals surface area contributed by atoms with Crippen molar-refractivity contribution < 1.29 is 0 Å². The SMILES string of the molecule is CC1N2C=CC=CC2=CN1C(C)(C)C. The third-order valence-corrected chi connectivity index (χ3v) is 2.77. The molecule has 0 saturated carbocycles. The van der Waals surface area contributed by atoms with Crippen molar-refractivity contribution in [1.29, 1.82) is 0 Å². The molecule has 0 aromatic carbocycles. The first-order valence-electron chi connectivity index (χ1n) is 5.13. The van der Waals surface area contributed by atoms with Crippen LogP contribution in [0.4, 0.5) is 0 Å². The van der Waals surface area contributed by atoms with E-state index in [1.165, 1.54) is 5.70 Å². The van der Waals surface area contributed by atoms with Crippen LogP contribution < -0.4 is 0 Å². The fourth-order valence-electron chi connectivity index (χ4n) is 2.06. The Hall–Kier alpha value is -1.18. The normalized spacial score (nSPS) is 25.4. The third-order valence-electron chi connectivity index (χ3n) is 2.77. The highest BCUT2D eigenvalue weighted by Crippen LogP contribution is 2.31. The van der Waals surface area contributed by atoms with Crippen LogP contribution >= 0.6 is 0 Å². The van der Waals surface area contributed by atoms with Crippen LogP contribution in [0.1, 0.15) is 27.7 Å². The third kappa shape index (κ3) is 1.35. The summed E-state index contributed by atoms with van der Waals surface area (Å²) in [5.74, 6) is 0. The van der Waals surface area contributed by atoms with Crippen LogP contribution in [-0.4, -0.2) is 21.5 Å². The van der Waals surface area contributed by atoms with Crippen molar-refractivity contribution in [3.05, 3.63) is 36.3 Å². The minimum Gasteiger partial charge on any atom is -0.350 e. The monoisotopic (exact) mass is 190 g/mol. The number of nitrogens with zero attached hydrogens (tertiary/aromatic N) is 2. The van der Waals surface area contributed by atoms with Gasteiger partial charge in [0.25, 0.3) is 0 Å². The molecule has 2 nitrogen and oxygen atoms in total. The van der Waals surface area contributed by atoms with Crippen LogP contribution in [-0.2, 0) is 0 Å². The van der Waals surface area contributed by atoms with Crippen molar-refractivity contribution >= 4 is 0 Å². The second kappa shape index (κ2) is 2.91. The summed E-state index contributed by atoms with van der Waals surface area (Å²) < 4.78 is 0. The van der Waals surface area contributed by atoms with Crippen molar-refractivity contribution in [2.24, 2.45) is 0 Å². The van der Waals surface area contributed by atoms with Crippen molar-refractivity contribution in [2.45, 2.75) is 39.4 Å². The molecule has 0 saturated heterocycles. The Morgan fingerprint density at radius 2 is 1.93 bits per heavy atom. The van der Waals surface area contributed by atoms with Crippen molar-refractivity contribution in [2.75, 3.05) is 0 Å². The zero-order chi connectivity index (χ0) is 10.3. The molecule has 0 amide bonds. The first kappa shape index (κ1) is 9.38. The molecule has 0 bridgehead atoms. The molecular weight excluding hydrogens is 172 g/mol. The molecule has 2 heteroatoms. The zero-order valence-electron chi connectivity index (χ0n) is 9.36. The van der Waals surface area contributed by atoms with E-state index in [0.29, 0.717) is 6.17 Å². The summed E-state index contributed by atoms with van der Waals surface area (Å²) in [6.45, 7) is 8.96. The molecule has 2 aliphatic rings. The molecule has 2 rings (SSSR count). The van der Waals surface area contributed by atoms with Crippen molar-refractivity contribution in [1.82, 2.24) is 9.80 Å². The lowest BCUT2D eigenvalue weighted by molar-refractivity contribution is 0.112. The first-order valence-corrected chi connectivity index (χ1v) is 5.13. The molecule has 14 heavy (non-hydrogen) atoms. The van der Waals surface area contributed by atoms with Gasteiger partial charge in [0.05, 0.1) is 5.70 Å². The van der Waals surface area contributed by atoms with Crippen LogP contribution in [0.5, 0.6) is 0 Å². The zero-order valence-corrected chi connectivity index (χ0v) is 9.36. The van der Waals surface area contributed by atoms with E-state index in [1.807, 2.05) is 0 Å². The lowest BCUT2D eigenvalue weighted by Crippen LogP contribution is -2.45. The maximum absolute atomic E-state index is 2.39. The Morgan fingerprint density at radius 3 is 2.50 bits per heavy atom. The number of fused-ring (bicyclic) bond motifs is 1. The van der Waals surface area contributed by atoms with Crippen LogP contribution in [0, 0.1) is 0 Å². The Balaban J connectivity index is 2.30. The van der Waals surface area contributed by atoms with Gasteiger partial charge in [0, 0.05) is 17.9 Å². The van der Waals surface area contributed by atoms with Gasteiger partial charge in [-0.05, 0) is 39.8 Å². The summed E-state index contributed by atoms with van der Waals surface area (Å²) in [6, 6.07) is 0. The second-order valence-corrected chi connectivity index (χ2v) is 4.87. The van der Waals surface area contributed by atoms with Crippen molar-refractivity contribution in [3.8, 4) is 0 Å². The molecular formula is C12H18N2. The van der Waals surface area contributed by atoms with Crippen LogP contribution in [0.3, 0.4) is 0 Å². The summed E-state index contributed by atoms with van der Waals surface area (Å²) in [6.07, 6.45) is 11.1. The molecule has 0 aromatic heterocycles. The molecule has 0 radical (unpaired) electrons. The van der Waals surface area contributed by atoms with E-state index in [2.05, 4.69) is 68.1 Å². The number of hydrogen-bond acceptors (Lipinski definition) is 2. The van der Waals surface area contributed by atoms with Gasteiger partial charge < -0.3 is 9.80 Å². The molecule has 0 N–H and O–H groups in total. The molecule has 0 aliphatic carbocycles. The van der Waals surface area contributed by atoms with Crippen LogP contribution in [0.25, 0.3) is 0 Å². The van der Waals surface area contributed by atoms with E-state index in [4.69, 9.17) is 0 Å². The van der Waals surface area contributed by atoms with Gasteiger partial charge in [-0.25, -0.2) is 0 Å². The van der Waals surface area contributed by atoms with Gasteiger partial charge in [-0.15, -0.1) is 0 Å². The lowest BCUT2D eigenvalue weighted by atomic mass is 10.1. The Morgan fingerprint density at radius 1 is 1.21 bits per heavy atom. The van der Waals surface area contributed by atoms with E-state index < -0.39 is 0 Å². The molecule has 0 aromatic rings. The highest BCUT2D eigenvalue weighted by molar-refractivity contribution is 5.31. The van der Waals surface area contributed by atoms with Crippen LogP contribution in [0.2, 0.25) is 0 Å². The molecule has 2 aliphatic heterocycles. The summed E-state index contributed by atoms with van der Waals surface area (Å²) >= 11 is 0. The van der Waals surface area contributed by atoms with Gasteiger partial charge in [-0.2, -0.15) is 0 Å². The van der Waals surface area contributed by atoms with Gasteiger partial charge >= 0.3 is 0 Å². The van der Waals surface area contributed by atoms with Gasteiger partial charge in [-0.3, -0.25) is 0 Å². The lowest BCUT2D eigenvalue weighted by Gasteiger charge is -2.38. The summed E-state index contributed by atoms with van der Waals surface area (Å²) in [5, 5.41) is 0. The number of hydrogen-bond donors (Lipinski definition) is 0. The predicted molar refractivity (Wildman–Crippen MR) is 59.3 cm³/mol. The highest BCUT2D eigenvalue weighted by atomic mass is 15.4. The van der Waals surface area contributed by atoms with Gasteiger partial charge in [0.2, 0.25) is 0 Å². The summed E-state index contributed by atoms with van der Waals surface area (Å²) in [7, 11) is 0. The van der Waals surface area contributed by atoms with Gasteiger partial charge in [0.1, 0.15) is 6.17 Å². The molecule has 0 spiro atoms. The Kier molecular flexibility index (Phi) is 1.95. The molecule has 76 valence electrons. The van der Waals surface area contributed by atoms with E-state index in [1.54, 1.807) is 0 Å². The summed E-state index contributed by atoms with van der Waals surface area (Å²) in [5.41, 5.74) is 1.47. The minimum absolute atomic E-state index is 0.186. The average molecular weight is 190 g/mol. The van der Waals surface area contributed by atoms with E-state index in [-0.39, 0.29) is 5.54 Å². The fourth-order valence-corrected chi connectivity index (χ4v) is 2.06. The average Bonchev–Trinajstić information content (AvgIpc) is 2.44. The first-order chi connectivity index (χ1) is 6.50. The fraction of sp³-hybridized carbons (Fsp3) is 0.500. The number of rotatable bonds is 0. The van der Waals surface area contributed by atoms with E-state index >= 15 is 0 Å². The van der Waals surface area contributed by atoms with Gasteiger partial charge in [-0.1, -0.05) is 6.08 Å². The smallest absolute Gasteiger partial charge is 0.103 e. The maximum atomic E-state index is 2.39. The quantitative estimate of drug-likeness (QED) is 0.579. The largest absolute Gasteiger partial charge is 0.350 e. The van der Waals surface area contributed by atoms with Gasteiger partial charge in [0.15, 0.2) is 0 Å². The molecule has 0 fully saturated rings. The standard InChI is InChI=1S/C12H18N2/c1-10-13-8-6-5-7-11(13)9-14(10)12(2,3)4/h5-10H,1-4H3. The van der Waals surface area contributed by atoms with Crippen molar-refractivity contribution in [3.63, 3.8) is 0 Å². The van der Waals surface area contributed by atoms with E-state index in [0.717, 1.165) is 0 Å². The second-order valence-electron chi connectivity index (χ2n) is 4.87. The van der Waals surface area contributed by atoms with E-state index in [9.17, 15) is 0 Å². The Bertz CT molecular complexity index is 318. The van der Waals surface area contributed by atoms with Crippen LogP contribution in [0.15, 0.2) is 36.3 Å². The Labute approximate surface area is 86.2 Å². The minimum atomic E-state index is 0.186. The maximum Gasteiger partial charge on any atom is 0.103 e. The molecule has 2 heterocycles. The molecule has 1 atom stereocenters. The topological polar surface area (TPSA) is 6.48 Å². The predicted octanol–water partition coefficient (Wildman–Crippen LogP) is 2.67. The molecule has 1 unspecified atom stereocenters. The number of allylic oxidation sites excluding steroid dienone is 3. The highest BCUT2D eigenvalue weighted by Gasteiger charge is 2.33. The summed E-state index contributed by atoms with van der Waals surface area (Å²) in [4.78, 5) is 4.69.